The van der Waals surface area contributed by atoms with Crippen LogP contribution in [0.1, 0.15) is 54.5 Å². The van der Waals surface area contributed by atoms with E-state index in [1.807, 2.05) is 41.8 Å². The quantitative estimate of drug-likeness (QED) is 0.286. The number of halogens is 1. The van der Waals surface area contributed by atoms with E-state index in [0.29, 0.717) is 36.5 Å². The van der Waals surface area contributed by atoms with Crippen LogP contribution in [0.4, 0.5) is 4.39 Å². The maximum atomic E-state index is 13.6. The van der Waals surface area contributed by atoms with E-state index in [1.54, 1.807) is 12.1 Å². The van der Waals surface area contributed by atoms with E-state index >= 15 is 0 Å². The monoisotopic (exact) mass is 497 g/mol. The summed E-state index contributed by atoms with van der Waals surface area (Å²) < 4.78 is 15.4. The molecule has 0 aliphatic heterocycles. The van der Waals surface area contributed by atoms with Crippen LogP contribution in [0.25, 0.3) is 11.3 Å². The molecule has 192 valence electrons. The molecule has 4 N–H and O–H groups in total. The van der Waals surface area contributed by atoms with Crippen molar-refractivity contribution in [3.05, 3.63) is 77.5 Å². The lowest BCUT2D eigenvalue weighted by atomic mass is 10.0. The van der Waals surface area contributed by atoms with Crippen molar-refractivity contribution in [2.45, 2.75) is 64.3 Å². The lowest BCUT2D eigenvalue weighted by Gasteiger charge is -2.16. The number of imidazole rings is 1. The van der Waals surface area contributed by atoms with E-state index in [1.165, 1.54) is 12.1 Å². The highest BCUT2D eigenvalue weighted by molar-refractivity contribution is 5.92. The van der Waals surface area contributed by atoms with Gasteiger partial charge in [0.15, 0.2) is 5.82 Å². The highest BCUT2D eigenvalue weighted by Crippen LogP contribution is 2.27. The molecule has 1 amide bonds. The molecule has 0 spiro atoms. The molecule has 0 saturated heterocycles. The molecule has 0 radical (unpaired) electrons. The van der Waals surface area contributed by atoms with Crippen molar-refractivity contribution in [3.63, 3.8) is 0 Å². The molecule has 9 heteroatoms. The van der Waals surface area contributed by atoms with Gasteiger partial charge in [-0.05, 0) is 55.5 Å². The fraction of sp³-hybridized carbons (Fsp3) is 0.370. The van der Waals surface area contributed by atoms with Gasteiger partial charge in [-0.15, -0.1) is 0 Å². The topological polar surface area (TPSA) is 125 Å². The molecule has 1 aromatic heterocycles. The Labute approximate surface area is 209 Å². The minimum absolute atomic E-state index is 0.0789. The Hall–Kier alpha value is -3.56. The largest absolute Gasteiger partial charge is 0.481 e. The van der Waals surface area contributed by atoms with Crippen LogP contribution in [0.15, 0.2) is 54.6 Å². The number of carbonyl (C=O) groups excluding carboxylic acids is 1. The van der Waals surface area contributed by atoms with Gasteiger partial charge in [-0.25, -0.2) is 9.37 Å². The van der Waals surface area contributed by atoms with Crippen LogP contribution in [0.5, 0.6) is 0 Å². The standard InChI is InChI=1S/C27H32FN3O5/c1-2-14-31-23(13-12-21(32)15-22(33)16-24(34)35)25(19-8-10-20(28)11-9-19)30-26(31)27(36)29-17-18-6-4-3-5-7-18/h3-11,21-22,32-33H,2,12-17H2,1H3,(H,29,36)(H,34,35)/t21-,22-/m1/s1. The van der Waals surface area contributed by atoms with Gasteiger partial charge in [-0.3, -0.25) is 9.59 Å². The minimum atomic E-state index is -1.16. The van der Waals surface area contributed by atoms with Crippen molar-refractivity contribution in [3.8, 4) is 11.3 Å². The number of rotatable bonds is 13. The van der Waals surface area contributed by atoms with Gasteiger partial charge in [0.05, 0.1) is 24.3 Å². The smallest absolute Gasteiger partial charge is 0.305 e. The molecule has 0 fully saturated rings. The number of nitrogens with one attached hydrogen (secondary N) is 1. The molecule has 0 saturated carbocycles. The third kappa shape index (κ3) is 7.47. The van der Waals surface area contributed by atoms with Crippen LogP contribution in [0, 0.1) is 5.82 Å². The molecule has 3 rings (SSSR count). The molecule has 2 aromatic carbocycles. The van der Waals surface area contributed by atoms with Crippen molar-refractivity contribution < 1.29 is 29.3 Å². The first-order chi connectivity index (χ1) is 17.3. The fourth-order valence-corrected chi connectivity index (χ4v) is 4.09. The fourth-order valence-electron chi connectivity index (χ4n) is 4.09. The first-order valence-electron chi connectivity index (χ1n) is 12.0. The Morgan fingerprint density at radius 2 is 1.75 bits per heavy atom. The number of amides is 1. The predicted molar refractivity (Wildman–Crippen MR) is 133 cm³/mol. The Morgan fingerprint density at radius 3 is 2.39 bits per heavy atom. The maximum absolute atomic E-state index is 13.6. The van der Waals surface area contributed by atoms with E-state index in [0.717, 1.165) is 12.0 Å². The number of aromatic nitrogens is 2. The Bertz CT molecular complexity index is 1150. The SMILES string of the molecule is CCCn1c(C(=O)NCc2ccccc2)nc(-c2ccc(F)cc2)c1CC[C@@H](O)C[C@@H](O)CC(=O)O. The summed E-state index contributed by atoms with van der Waals surface area (Å²) in [6.45, 7) is 2.82. The van der Waals surface area contributed by atoms with E-state index in [-0.39, 0.29) is 24.6 Å². The Morgan fingerprint density at radius 1 is 1.06 bits per heavy atom. The summed E-state index contributed by atoms with van der Waals surface area (Å²) in [6.07, 6.45) is -1.35. The van der Waals surface area contributed by atoms with Gasteiger partial charge in [0.2, 0.25) is 0 Å². The Balaban J connectivity index is 1.88. The van der Waals surface area contributed by atoms with Gasteiger partial charge in [-0.2, -0.15) is 0 Å². The van der Waals surface area contributed by atoms with Crippen molar-refractivity contribution in [1.82, 2.24) is 14.9 Å². The van der Waals surface area contributed by atoms with Gasteiger partial charge in [0.1, 0.15) is 5.82 Å². The predicted octanol–water partition coefficient (Wildman–Crippen LogP) is 3.55. The number of carbonyl (C=O) groups is 2. The first kappa shape index (κ1) is 27.0. The normalized spacial score (nSPS) is 12.8. The third-order valence-electron chi connectivity index (χ3n) is 5.81. The third-order valence-corrected chi connectivity index (χ3v) is 5.81. The molecular formula is C27H32FN3O5. The van der Waals surface area contributed by atoms with Crippen LogP contribution < -0.4 is 5.32 Å². The molecule has 0 aliphatic rings. The summed E-state index contributed by atoms with van der Waals surface area (Å²) in [4.78, 5) is 28.6. The zero-order valence-corrected chi connectivity index (χ0v) is 20.2. The minimum Gasteiger partial charge on any atom is -0.481 e. The number of hydrogen-bond donors (Lipinski definition) is 4. The highest BCUT2D eigenvalue weighted by Gasteiger charge is 2.24. The molecular weight excluding hydrogens is 465 g/mol. The number of carboxylic acids is 1. The lowest BCUT2D eigenvalue weighted by molar-refractivity contribution is -0.139. The van der Waals surface area contributed by atoms with Crippen molar-refractivity contribution >= 4 is 11.9 Å². The van der Waals surface area contributed by atoms with Gasteiger partial charge >= 0.3 is 5.97 Å². The van der Waals surface area contributed by atoms with Crippen molar-refractivity contribution in [1.29, 1.82) is 0 Å². The maximum Gasteiger partial charge on any atom is 0.305 e. The molecule has 2 atom stereocenters. The number of benzene rings is 2. The second-order valence-corrected chi connectivity index (χ2v) is 8.74. The number of aliphatic hydroxyl groups is 2. The van der Waals surface area contributed by atoms with E-state index in [2.05, 4.69) is 10.3 Å². The summed E-state index contributed by atoms with van der Waals surface area (Å²) >= 11 is 0. The number of aliphatic carboxylic acids is 1. The van der Waals surface area contributed by atoms with Crippen molar-refractivity contribution in [2.75, 3.05) is 0 Å². The summed E-state index contributed by atoms with van der Waals surface area (Å²) in [5.74, 6) is -1.65. The number of aliphatic hydroxyl groups excluding tert-OH is 2. The first-order valence-corrected chi connectivity index (χ1v) is 12.0. The zero-order valence-electron chi connectivity index (χ0n) is 20.2. The summed E-state index contributed by atoms with van der Waals surface area (Å²) in [7, 11) is 0. The van der Waals surface area contributed by atoms with Gasteiger partial charge in [-0.1, -0.05) is 37.3 Å². The van der Waals surface area contributed by atoms with E-state index < -0.39 is 30.4 Å². The zero-order chi connectivity index (χ0) is 26.1. The highest BCUT2D eigenvalue weighted by atomic mass is 19.1. The lowest BCUT2D eigenvalue weighted by Crippen LogP contribution is -2.27. The van der Waals surface area contributed by atoms with Crippen LogP contribution in [0.2, 0.25) is 0 Å². The van der Waals surface area contributed by atoms with Crippen LogP contribution in [-0.2, 0) is 24.3 Å². The average molecular weight is 498 g/mol. The summed E-state index contributed by atoms with van der Waals surface area (Å²) in [6, 6.07) is 15.3. The number of nitrogens with zero attached hydrogens (tertiary/aromatic N) is 2. The van der Waals surface area contributed by atoms with Gasteiger partial charge in [0, 0.05) is 24.3 Å². The van der Waals surface area contributed by atoms with Crippen molar-refractivity contribution in [2.24, 2.45) is 0 Å². The van der Waals surface area contributed by atoms with E-state index in [4.69, 9.17) is 5.11 Å². The average Bonchev–Trinajstić information content (AvgIpc) is 3.20. The summed E-state index contributed by atoms with van der Waals surface area (Å²) in [5.41, 5.74) is 2.81. The van der Waals surface area contributed by atoms with Crippen LogP contribution in [0.3, 0.4) is 0 Å². The molecule has 0 aliphatic carbocycles. The molecule has 0 bridgehead atoms. The Kier molecular flexibility index (Phi) is 9.72. The number of carboxylic acid groups (broad SMARTS) is 1. The van der Waals surface area contributed by atoms with Crippen LogP contribution in [-0.4, -0.2) is 49.0 Å². The van der Waals surface area contributed by atoms with Gasteiger partial charge < -0.3 is 25.2 Å². The molecule has 36 heavy (non-hydrogen) atoms. The molecule has 3 aromatic rings. The molecule has 1 heterocycles. The number of hydrogen-bond acceptors (Lipinski definition) is 5. The molecule has 8 nitrogen and oxygen atoms in total. The molecule has 0 unspecified atom stereocenters. The second kappa shape index (κ2) is 12.9. The van der Waals surface area contributed by atoms with Crippen LogP contribution >= 0.6 is 0 Å². The second-order valence-electron chi connectivity index (χ2n) is 8.74. The van der Waals surface area contributed by atoms with Gasteiger partial charge in [0.25, 0.3) is 5.91 Å². The summed E-state index contributed by atoms with van der Waals surface area (Å²) in [5, 5.41) is 32.0. The van der Waals surface area contributed by atoms with E-state index in [9.17, 15) is 24.2 Å².